The van der Waals surface area contributed by atoms with Crippen LogP contribution in [0.5, 0.6) is 0 Å². The molecule has 1 heterocycles. The summed E-state index contributed by atoms with van der Waals surface area (Å²) in [5.41, 5.74) is 0. The number of cyclic esters (lactones) is 2. The maximum Gasteiger partial charge on any atom is 0.321 e. The summed E-state index contributed by atoms with van der Waals surface area (Å²) in [6.45, 7) is 0. The standard InChI is InChI=1S/C8H8O3.C7H10/c9-7-5-3-1-2-4-6(5)8(10)11-7;1-2-7-4-3-6(1)5-7/h1,3,5-6H,2,4H2;1-2,6-7H,3-5H2. The molecular formula is C15H18O3. The van der Waals surface area contributed by atoms with Gasteiger partial charge < -0.3 is 4.74 Å². The fourth-order valence-corrected chi connectivity index (χ4v) is 3.30. The normalized spacial score (nSPS) is 39.3. The number of carbonyl (C=O) groups excluding carboxylic acids is 2. The van der Waals surface area contributed by atoms with E-state index < -0.39 is 0 Å². The molecule has 0 radical (unpaired) electrons. The summed E-state index contributed by atoms with van der Waals surface area (Å²) < 4.78 is 4.48. The summed E-state index contributed by atoms with van der Waals surface area (Å²) >= 11 is 0. The highest BCUT2D eigenvalue weighted by atomic mass is 16.6. The van der Waals surface area contributed by atoms with Gasteiger partial charge in [0, 0.05) is 0 Å². The average Bonchev–Trinajstić information content (AvgIpc) is 3.09. The Labute approximate surface area is 107 Å². The number of rotatable bonds is 0. The zero-order chi connectivity index (χ0) is 12.5. The van der Waals surface area contributed by atoms with Crippen molar-refractivity contribution in [3.8, 4) is 0 Å². The topological polar surface area (TPSA) is 43.4 Å². The van der Waals surface area contributed by atoms with Gasteiger partial charge in [0.25, 0.3) is 0 Å². The quantitative estimate of drug-likeness (QED) is 0.375. The van der Waals surface area contributed by atoms with Crippen molar-refractivity contribution in [2.24, 2.45) is 23.7 Å². The van der Waals surface area contributed by atoms with Crippen LogP contribution in [-0.2, 0) is 14.3 Å². The van der Waals surface area contributed by atoms with E-state index in [1.165, 1.54) is 19.3 Å². The van der Waals surface area contributed by atoms with Gasteiger partial charge >= 0.3 is 11.9 Å². The molecule has 0 aromatic rings. The second-order valence-corrected chi connectivity index (χ2v) is 5.60. The smallest absolute Gasteiger partial charge is 0.321 e. The third-order valence-corrected chi connectivity index (χ3v) is 4.37. The maximum absolute atomic E-state index is 10.9. The van der Waals surface area contributed by atoms with E-state index >= 15 is 0 Å². The van der Waals surface area contributed by atoms with Crippen LogP contribution in [0, 0.1) is 23.7 Å². The number of hydrogen-bond donors (Lipinski definition) is 0. The molecule has 4 unspecified atom stereocenters. The number of fused-ring (bicyclic) bond motifs is 3. The van der Waals surface area contributed by atoms with Crippen molar-refractivity contribution in [1.29, 1.82) is 0 Å². The van der Waals surface area contributed by atoms with Gasteiger partial charge in [0.2, 0.25) is 0 Å². The van der Waals surface area contributed by atoms with Crippen molar-refractivity contribution in [1.82, 2.24) is 0 Å². The molecule has 2 fully saturated rings. The molecular weight excluding hydrogens is 228 g/mol. The number of allylic oxidation sites excluding steroid dienone is 3. The van der Waals surface area contributed by atoms with Crippen LogP contribution < -0.4 is 0 Å². The highest BCUT2D eigenvalue weighted by molar-refractivity contribution is 5.97. The highest BCUT2D eigenvalue weighted by Crippen LogP contribution is 2.38. The van der Waals surface area contributed by atoms with Crippen LogP contribution in [0.2, 0.25) is 0 Å². The lowest BCUT2D eigenvalue weighted by atomic mass is 9.86. The second kappa shape index (κ2) is 4.71. The first-order chi connectivity index (χ1) is 8.74. The minimum atomic E-state index is -0.379. The molecule has 1 saturated carbocycles. The van der Waals surface area contributed by atoms with Gasteiger partial charge in [-0.1, -0.05) is 24.3 Å². The van der Waals surface area contributed by atoms with Crippen molar-refractivity contribution in [2.45, 2.75) is 32.1 Å². The van der Waals surface area contributed by atoms with Gasteiger partial charge in [-0.2, -0.15) is 0 Å². The molecule has 0 spiro atoms. The zero-order valence-corrected chi connectivity index (χ0v) is 10.4. The van der Waals surface area contributed by atoms with Crippen molar-refractivity contribution in [3.63, 3.8) is 0 Å². The second-order valence-electron chi connectivity index (χ2n) is 5.60. The Morgan fingerprint density at radius 2 is 1.67 bits per heavy atom. The Morgan fingerprint density at radius 3 is 2.17 bits per heavy atom. The molecule has 0 aromatic heterocycles. The lowest BCUT2D eigenvalue weighted by Crippen LogP contribution is -2.17. The molecule has 4 rings (SSSR count). The van der Waals surface area contributed by atoms with E-state index in [4.69, 9.17) is 0 Å². The maximum atomic E-state index is 10.9. The van der Waals surface area contributed by atoms with Crippen LogP contribution in [0.3, 0.4) is 0 Å². The monoisotopic (exact) mass is 246 g/mol. The molecule has 96 valence electrons. The van der Waals surface area contributed by atoms with Crippen LogP contribution in [-0.4, -0.2) is 11.9 Å². The SMILES string of the molecule is C1=CC2CCC1C2.O=C1OC(=O)C2CCC=CC12. The molecule has 1 aliphatic heterocycles. The molecule has 1 saturated heterocycles. The first-order valence-corrected chi connectivity index (χ1v) is 6.84. The van der Waals surface area contributed by atoms with E-state index in [1.54, 1.807) is 6.08 Å². The Balaban J connectivity index is 0.000000122. The van der Waals surface area contributed by atoms with E-state index in [-0.39, 0.29) is 23.8 Å². The summed E-state index contributed by atoms with van der Waals surface area (Å²) in [5, 5.41) is 0. The molecule has 18 heavy (non-hydrogen) atoms. The van der Waals surface area contributed by atoms with Crippen molar-refractivity contribution in [2.75, 3.05) is 0 Å². The van der Waals surface area contributed by atoms with E-state index in [2.05, 4.69) is 16.9 Å². The number of carbonyl (C=O) groups is 2. The predicted molar refractivity (Wildman–Crippen MR) is 66.4 cm³/mol. The molecule has 4 aliphatic rings. The Bertz CT molecular complexity index is 409. The lowest BCUT2D eigenvalue weighted by molar-refractivity contribution is -0.153. The van der Waals surface area contributed by atoms with E-state index in [9.17, 15) is 9.59 Å². The van der Waals surface area contributed by atoms with Crippen LogP contribution >= 0.6 is 0 Å². The molecule has 3 heteroatoms. The lowest BCUT2D eigenvalue weighted by Gasteiger charge is -2.12. The highest BCUT2D eigenvalue weighted by Gasteiger charge is 2.43. The van der Waals surface area contributed by atoms with E-state index in [0.717, 1.165) is 24.7 Å². The van der Waals surface area contributed by atoms with Crippen LogP contribution in [0.25, 0.3) is 0 Å². The van der Waals surface area contributed by atoms with Gasteiger partial charge in [-0.25, -0.2) is 0 Å². The van der Waals surface area contributed by atoms with Gasteiger partial charge in [-0.3, -0.25) is 9.59 Å². The molecule has 4 atom stereocenters. The fourth-order valence-electron chi connectivity index (χ4n) is 3.30. The first-order valence-electron chi connectivity index (χ1n) is 6.84. The third-order valence-electron chi connectivity index (χ3n) is 4.37. The number of ether oxygens (including phenoxy) is 1. The summed E-state index contributed by atoms with van der Waals surface area (Å²) in [7, 11) is 0. The summed E-state index contributed by atoms with van der Waals surface area (Å²) in [4.78, 5) is 21.9. The number of esters is 2. The summed E-state index contributed by atoms with van der Waals surface area (Å²) in [6, 6.07) is 0. The fraction of sp³-hybridized carbons (Fsp3) is 0.600. The summed E-state index contributed by atoms with van der Waals surface area (Å²) in [5.74, 6) is 0.791. The van der Waals surface area contributed by atoms with Gasteiger partial charge in [-0.05, 0) is 43.9 Å². The molecule has 0 N–H and O–H groups in total. The molecule has 0 aromatic carbocycles. The Kier molecular flexibility index (Phi) is 3.06. The Hall–Kier alpha value is -1.38. The molecule has 3 nitrogen and oxygen atoms in total. The van der Waals surface area contributed by atoms with Gasteiger partial charge in [0.1, 0.15) is 0 Å². The number of hydrogen-bond acceptors (Lipinski definition) is 3. The van der Waals surface area contributed by atoms with Crippen LogP contribution in [0.15, 0.2) is 24.3 Å². The largest absolute Gasteiger partial charge is 0.392 e. The Morgan fingerprint density at radius 1 is 0.944 bits per heavy atom. The van der Waals surface area contributed by atoms with E-state index in [0.29, 0.717) is 0 Å². The van der Waals surface area contributed by atoms with Crippen molar-refractivity contribution >= 4 is 11.9 Å². The van der Waals surface area contributed by atoms with E-state index in [1.807, 2.05) is 6.08 Å². The van der Waals surface area contributed by atoms with Gasteiger partial charge in [-0.15, -0.1) is 0 Å². The molecule has 0 amide bonds. The van der Waals surface area contributed by atoms with Crippen molar-refractivity contribution in [3.05, 3.63) is 24.3 Å². The van der Waals surface area contributed by atoms with Crippen LogP contribution in [0.4, 0.5) is 0 Å². The molecule has 3 aliphatic carbocycles. The van der Waals surface area contributed by atoms with Gasteiger partial charge in [0.15, 0.2) is 0 Å². The van der Waals surface area contributed by atoms with Crippen LogP contribution in [0.1, 0.15) is 32.1 Å². The average molecular weight is 246 g/mol. The minimum Gasteiger partial charge on any atom is -0.392 e. The van der Waals surface area contributed by atoms with Crippen molar-refractivity contribution < 1.29 is 14.3 Å². The zero-order valence-electron chi connectivity index (χ0n) is 10.4. The minimum absolute atomic E-state index is 0.188. The summed E-state index contributed by atoms with van der Waals surface area (Å²) in [6.07, 6.45) is 14.5. The predicted octanol–water partition coefficient (Wildman–Crippen LogP) is 2.62. The third kappa shape index (κ3) is 2.14. The first kappa shape index (κ1) is 11.7. The molecule has 2 bridgehead atoms. The van der Waals surface area contributed by atoms with Gasteiger partial charge in [0.05, 0.1) is 11.8 Å².